The molecule has 0 aliphatic carbocycles. The van der Waals surface area contributed by atoms with E-state index in [0.717, 1.165) is 16.8 Å². The van der Waals surface area contributed by atoms with Crippen LogP contribution in [0.15, 0.2) is 42.5 Å². The van der Waals surface area contributed by atoms with Crippen LogP contribution in [0.25, 0.3) is 0 Å². The van der Waals surface area contributed by atoms with Gasteiger partial charge in [-0.2, -0.15) is 0 Å². The fraction of sp³-hybridized carbons (Fsp3) is 0.133. The van der Waals surface area contributed by atoms with E-state index >= 15 is 0 Å². The van der Waals surface area contributed by atoms with Gasteiger partial charge in [-0.05, 0) is 49.2 Å². The summed E-state index contributed by atoms with van der Waals surface area (Å²) in [7, 11) is 0. The SMILES string of the molecule is Cc1cccc(NC(=O)Nc2ccc(C)cc2N)c1. The van der Waals surface area contributed by atoms with Crippen LogP contribution < -0.4 is 16.4 Å². The van der Waals surface area contributed by atoms with Crippen molar-refractivity contribution in [1.82, 2.24) is 0 Å². The Morgan fingerprint density at radius 3 is 2.42 bits per heavy atom. The highest BCUT2D eigenvalue weighted by atomic mass is 16.2. The van der Waals surface area contributed by atoms with Crippen LogP contribution in [0.5, 0.6) is 0 Å². The first-order valence-corrected chi connectivity index (χ1v) is 6.05. The number of hydrogen-bond acceptors (Lipinski definition) is 2. The van der Waals surface area contributed by atoms with Gasteiger partial charge in [-0.3, -0.25) is 0 Å². The molecule has 0 aliphatic heterocycles. The Kier molecular flexibility index (Phi) is 3.71. The van der Waals surface area contributed by atoms with Gasteiger partial charge in [-0.25, -0.2) is 4.79 Å². The number of nitrogens with two attached hydrogens (primary N) is 1. The Balaban J connectivity index is 2.05. The number of urea groups is 1. The van der Waals surface area contributed by atoms with E-state index in [1.807, 2.05) is 50.2 Å². The molecule has 0 aliphatic rings. The van der Waals surface area contributed by atoms with Crippen molar-refractivity contribution in [2.24, 2.45) is 0 Å². The number of nitrogens with one attached hydrogen (secondary N) is 2. The van der Waals surface area contributed by atoms with Crippen molar-refractivity contribution in [3.8, 4) is 0 Å². The van der Waals surface area contributed by atoms with Gasteiger partial charge in [0.05, 0.1) is 11.4 Å². The molecule has 0 fully saturated rings. The maximum atomic E-state index is 11.9. The highest BCUT2D eigenvalue weighted by Crippen LogP contribution is 2.19. The standard InChI is InChI=1S/C15H17N3O/c1-10-4-3-5-12(8-10)17-15(19)18-14-7-6-11(2)9-13(14)16/h3-9H,16H2,1-2H3,(H2,17,18,19). The molecule has 2 amide bonds. The maximum Gasteiger partial charge on any atom is 0.323 e. The van der Waals surface area contributed by atoms with Crippen molar-refractivity contribution < 1.29 is 4.79 Å². The smallest absolute Gasteiger partial charge is 0.323 e. The number of carbonyl (C=O) groups excluding carboxylic acids is 1. The molecule has 4 N–H and O–H groups in total. The van der Waals surface area contributed by atoms with Gasteiger partial charge in [-0.15, -0.1) is 0 Å². The Morgan fingerprint density at radius 1 is 1.00 bits per heavy atom. The predicted octanol–water partition coefficient (Wildman–Crippen LogP) is 3.53. The minimum absolute atomic E-state index is 0.304. The molecule has 2 aromatic rings. The zero-order valence-electron chi connectivity index (χ0n) is 11.0. The van der Waals surface area contributed by atoms with Crippen molar-refractivity contribution in [3.63, 3.8) is 0 Å². The minimum Gasteiger partial charge on any atom is -0.397 e. The number of aryl methyl sites for hydroxylation is 2. The van der Waals surface area contributed by atoms with Crippen LogP contribution in [0.4, 0.5) is 21.9 Å². The third-order valence-corrected chi connectivity index (χ3v) is 2.73. The second kappa shape index (κ2) is 5.44. The van der Waals surface area contributed by atoms with Crippen LogP contribution in [0, 0.1) is 13.8 Å². The summed E-state index contributed by atoms with van der Waals surface area (Å²) < 4.78 is 0. The topological polar surface area (TPSA) is 67.2 Å². The van der Waals surface area contributed by atoms with Gasteiger partial charge in [0.25, 0.3) is 0 Å². The molecule has 2 rings (SSSR count). The third-order valence-electron chi connectivity index (χ3n) is 2.73. The summed E-state index contributed by atoms with van der Waals surface area (Å²) in [5.41, 5.74) is 9.91. The fourth-order valence-corrected chi connectivity index (χ4v) is 1.80. The van der Waals surface area contributed by atoms with Crippen molar-refractivity contribution in [2.45, 2.75) is 13.8 Å². The summed E-state index contributed by atoms with van der Waals surface area (Å²) in [6.07, 6.45) is 0. The lowest BCUT2D eigenvalue weighted by Gasteiger charge is -2.10. The largest absolute Gasteiger partial charge is 0.397 e. The van der Waals surface area contributed by atoms with Gasteiger partial charge in [0.2, 0.25) is 0 Å². The molecular weight excluding hydrogens is 238 g/mol. The van der Waals surface area contributed by atoms with Gasteiger partial charge in [-0.1, -0.05) is 18.2 Å². The molecule has 0 spiro atoms. The minimum atomic E-state index is -0.304. The second-order valence-corrected chi connectivity index (χ2v) is 4.54. The van der Waals surface area contributed by atoms with Crippen LogP contribution in [-0.2, 0) is 0 Å². The molecule has 2 aromatic carbocycles. The van der Waals surface area contributed by atoms with Gasteiger partial charge in [0.15, 0.2) is 0 Å². The predicted molar refractivity (Wildman–Crippen MR) is 79.4 cm³/mol. The third kappa shape index (κ3) is 3.48. The molecule has 0 bridgehead atoms. The van der Waals surface area contributed by atoms with E-state index in [2.05, 4.69) is 10.6 Å². The lowest BCUT2D eigenvalue weighted by atomic mass is 10.2. The van der Waals surface area contributed by atoms with Gasteiger partial charge >= 0.3 is 6.03 Å². The van der Waals surface area contributed by atoms with E-state index in [9.17, 15) is 4.79 Å². The Morgan fingerprint density at radius 2 is 1.74 bits per heavy atom. The van der Waals surface area contributed by atoms with Gasteiger partial charge in [0.1, 0.15) is 0 Å². The van der Waals surface area contributed by atoms with Gasteiger partial charge in [0, 0.05) is 5.69 Å². The highest BCUT2D eigenvalue weighted by Gasteiger charge is 2.05. The van der Waals surface area contributed by atoms with Crippen LogP contribution in [0.2, 0.25) is 0 Å². The molecule has 0 aromatic heterocycles. The second-order valence-electron chi connectivity index (χ2n) is 4.54. The molecular formula is C15H17N3O. The summed E-state index contributed by atoms with van der Waals surface area (Å²) in [6.45, 7) is 3.92. The number of benzene rings is 2. The number of carbonyl (C=O) groups is 1. The molecule has 0 saturated heterocycles. The van der Waals surface area contributed by atoms with Crippen molar-refractivity contribution >= 4 is 23.1 Å². The monoisotopic (exact) mass is 255 g/mol. The zero-order chi connectivity index (χ0) is 13.8. The Labute approximate surface area is 112 Å². The zero-order valence-corrected chi connectivity index (χ0v) is 11.0. The van der Waals surface area contributed by atoms with Crippen LogP contribution in [0.1, 0.15) is 11.1 Å². The molecule has 0 radical (unpaired) electrons. The normalized spacial score (nSPS) is 10.0. The maximum absolute atomic E-state index is 11.9. The molecule has 0 saturated carbocycles. The molecule has 4 nitrogen and oxygen atoms in total. The average molecular weight is 255 g/mol. The summed E-state index contributed by atoms with van der Waals surface area (Å²) in [5.74, 6) is 0. The van der Waals surface area contributed by atoms with Crippen molar-refractivity contribution in [2.75, 3.05) is 16.4 Å². The van der Waals surface area contributed by atoms with Crippen LogP contribution in [0.3, 0.4) is 0 Å². The summed E-state index contributed by atoms with van der Waals surface area (Å²) in [5, 5.41) is 5.50. The first-order chi connectivity index (χ1) is 9.04. The molecule has 0 unspecified atom stereocenters. The average Bonchev–Trinajstić information content (AvgIpc) is 2.33. The summed E-state index contributed by atoms with van der Waals surface area (Å²) in [4.78, 5) is 11.9. The first-order valence-electron chi connectivity index (χ1n) is 6.05. The molecule has 19 heavy (non-hydrogen) atoms. The van der Waals surface area contributed by atoms with Gasteiger partial charge < -0.3 is 16.4 Å². The van der Waals surface area contributed by atoms with E-state index in [4.69, 9.17) is 5.73 Å². The fourth-order valence-electron chi connectivity index (χ4n) is 1.80. The van der Waals surface area contributed by atoms with E-state index in [1.165, 1.54) is 0 Å². The van der Waals surface area contributed by atoms with E-state index in [1.54, 1.807) is 6.07 Å². The number of amides is 2. The Hall–Kier alpha value is -2.49. The first kappa shape index (κ1) is 13.0. The van der Waals surface area contributed by atoms with Crippen molar-refractivity contribution in [3.05, 3.63) is 53.6 Å². The Bertz CT molecular complexity index is 608. The van der Waals surface area contributed by atoms with Crippen LogP contribution in [-0.4, -0.2) is 6.03 Å². The highest BCUT2D eigenvalue weighted by molar-refractivity contribution is 6.01. The molecule has 0 heterocycles. The van der Waals surface area contributed by atoms with E-state index < -0.39 is 0 Å². The lowest BCUT2D eigenvalue weighted by Crippen LogP contribution is -2.20. The van der Waals surface area contributed by atoms with E-state index in [-0.39, 0.29) is 6.03 Å². The van der Waals surface area contributed by atoms with Crippen LogP contribution >= 0.6 is 0 Å². The number of rotatable bonds is 2. The number of hydrogen-bond donors (Lipinski definition) is 3. The quantitative estimate of drug-likeness (QED) is 0.719. The lowest BCUT2D eigenvalue weighted by molar-refractivity contribution is 0.262. The number of anilines is 3. The number of nitrogen functional groups attached to an aromatic ring is 1. The molecule has 4 heteroatoms. The van der Waals surface area contributed by atoms with Crippen molar-refractivity contribution in [1.29, 1.82) is 0 Å². The summed E-state index contributed by atoms with van der Waals surface area (Å²) >= 11 is 0. The molecule has 98 valence electrons. The summed E-state index contributed by atoms with van der Waals surface area (Å²) in [6, 6.07) is 12.8. The van der Waals surface area contributed by atoms with E-state index in [0.29, 0.717) is 11.4 Å². The molecule has 0 atom stereocenters.